The predicted molar refractivity (Wildman–Crippen MR) is 94.4 cm³/mol. The second-order valence-electron chi connectivity index (χ2n) is 6.91. The van der Waals surface area contributed by atoms with E-state index in [9.17, 15) is 0 Å². The maximum absolute atomic E-state index is 3.80. The Morgan fingerprint density at radius 1 is 1.00 bits per heavy atom. The first-order valence-corrected chi connectivity index (χ1v) is 8.22. The number of hydrogen-bond donors (Lipinski definition) is 1. The molecule has 0 spiro atoms. The predicted octanol–water partition coefficient (Wildman–Crippen LogP) is 3.94. The van der Waals surface area contributed by atoms with Crippen LogP contribution in [0.4, 0.5) is 0 Å². The molecule has 2 rings (SSSR count). The largest absolute Gasteiger partial charge is 0.339 e. The highest BCUT2D eigenvalue weighted by atomic mass is 15.2. The van der Waals surface area contributed by atoms with E-state index in [1.807, 2.05) is 0 Å². The van der Waals surface area contributed by atoms with E-state index in [-0.39, 0.29) is 0 Å². The molecule has 1 atom stereocenters. The SMILES string of the molecule is CC(C)NB(C1C=Cc2ccccc21)N(C(C)C)C(C)C. The van der Waals surface area contributed by atoms with Gasteiger partial charge < -0.3 is 10.0 Å². The molecule has 0 bridgehead atoms. The van der Waals surface area contributed by atoms with Crippen LogP contribution in [0.25, 0.3) is 6.08 Å². The topological polar surface area (TPSA) is 15.3 Å². The Morgan fingerprint density at radius 2 is 1.62 bits per heavy atom. The van der Waals surface area contributed by atoms with Gasteiger partial charge in [0.15, 0.2) is 0 Å². The Labute approximate surface area is 130 Å². The first-order chi connectivity index (χ1) is 9.91. The molecule has 1 aromatic rings. The second kappa shape index (κ2) is 6.80. The van der Waals surface area contributed by atoms with Crippen LogP contribution in [0.2, 0.25) is 0 Å². The van der Waals surface area contributed by atoms with E-state index < -0.39 is 0 Å². The zero-order chi connectivity index (χ0) is 15.6. The van der Waals surface area contributed by atoms with Crippen molar-refractivity contribution < 1.29 is 0 Å². The zero-order valence-electron chi connectivity index (χ0n) is 14.3. The number of nitrogens with zero attached hydrogens (tertiary/aromatic N) is 1. The van der Waals surface area contributed by atoms with Gasteiger partial charge in [0.25, 0.3) is 0 Å². The normalized spacial score (nSPS) is 17.3. The Kier molecular flexibility index (Phi) is 5.29. The molecule has 0 aliphatic heterocycles. The lowest BCUT2D eigenvalue weighted by Gasteiger charge is -2.40. The van der Waals surface area contributed by atoms with E-state index in [0.29, 0.717) is 30.9 Å². The number of benzene rings is 1. The van der Waals surface area contributed by atoms with E-state index in [0.717, 1.165) is 0 Å². The molecule has 0 amide bonds. The molecule has 0 heterocycles. The smallest absolute Gasteiger partial charge is 0.320 e. The molecule has 2 nitrogen and oxygen atoms in total. The highest BCUT2D eigenvalue weighted by molar-refractivity contribution is 6.56. The summed E-state index contributed by atoms with van der Waals surface area (Å²) < 4.78 is 0. The monoisotopic (exact) mass is 284 g/mol. The molecule has 0 saturated heterocycles. The first-order valence-electron chi connectivity index (χ1n) is 8.22. The Balaban J connectivity index is 2.35. The molecule has 21 heavy (non-hydrogen) atoms. The van der Waals surface area contributed by atoms with Crippen molar-refractivity contribution in [2.45, 2.75) is 65.5 Å². The van der Waals surface area contributed by atoms with Gasteiger partial charge in [0.05, 0.1) is 0 Å². The van der Waals surface area contributed by atoms with Crippen molar-refractivity contribution in [1.82, 2.24) is 10.0 Å². The van der Waals surface area contributed by atoms with Crippen molar-refractivity contribution >= 4 is 13.1 Å². The van der Waals surface area contributed by atoms with Crippen LogP contribution in [-0.4, -0.2) is 29.9 Å². The average molecular weight is 284 g/mol. The number of hydrogen-bond acceptors (Lipinski definition) is 2. The molecule has 0 aromatic heterocycles. The minimum atomic E-state index is 0.338. The molecule has 1 aromatic carbocycles. The van der Waals surface area contributed by atoms with Gasteiger partial charge in [-0.3, -0.25) is 0 Å². The van der Waals surface area contributed by atoms with Crippen LogP contribution >= 0.6 is 0 Å². The third-order valence-electron chi connectivity index (χ3n) is 4.20. The third kappa shape index (κ3) is 3.59. The van der Waals surface area contributed by atoms with Crippen molar-refractivity contribution in [2.75, 3.05) is 0 Å². The van der Waals surface area contributed by atoms with Gasteiger partial charge in [-0.15, -0.1) is 0 Å². The summed E-state index contributed by atoms with van der Waals surface area (Å²) in [5.74, 6) is 0.424. The zero-order valence-corrected chi connectivity index (χ0v) is 14.3. The summed E-state index contributed by atoms with van der Waals surface area (Å²) in [4.78, 5) is 2.59. The molecule has 1 aliphatic carbocycles. The van der Waals surface area contributed by atoms with Gasteiger partial charge in [0.2, 0.25) is 0 Å². The first kappa shape index (κ1) is 16.3. The molecule has 114 valence electrons. The fraction of sp³-hybridized carbons (Fsp3) is 0.556. The van der Waals surface area contributed by atoms with Gasteiger partial charge >= 0.3 is 6.98 Å². The van der Waals surface area contributed by atoms with Crippen molar-refractivity contribution in [3.63, 3.8) is 0 Å². The summed E-state index contributed by atoms with van der Waals surface area (Å²) >= 11 is 0. The quantitative estimate of drug-likeness (QED) is 0.796. The number of fused-ring (bicyclic) bond motifs is 1. The molecule has 0 radical (unpaired) electrons. The molecule has 0 fully saturated rings. The lowest BCUT2D eigenvalue weighted by Crippen LogP contribution is -2.60. The van der Waals surface area contributed by atoms with Crippen LogP contribution in [0.5, 0.6) is 0 Å². The summed E-state index contributed by atoms with van der Waals surface area (Å²) in [6.07, 6.45) is 4.64. The highest BCUT2D eigenvalue weighted by Gasteiger charge is 2.37. The van der Waals surface area contributed by atoms with Crippen LogP contribution in [0.3, 0.4) is 0 Å². The van der Waals surface area contributed by atoms with Gasteiger partial charge in [-0.05, 0) is 29.3 Å². The van der Waals surface area contributed by atoms with Gasteiger partial charge in [-0.2, -0.15) is 0 Å². The molecule has 1 aliphatic rings. The van der Waals surface area contributed by atoms with E-state index in [4.69, 9.17) is 0 Å². The van der Waals surface area contributed by atoms with Crippen molar-refractivity contribution in [3.05, 3.63) is 41.5 Å². The average Bonchev–Trinajstić information content (AvgIpc) is 2.80. The lowest BCUT2D eigenvalue weighted by molar-refractivity contribution is 0.291. The fourth-order valence-electron chi connectivity index (χ4n) is 3.51. The Bertz CT molecular complexity index is 486. The second-order valence-corrected chi connectivity index (χ2v) is 6.91. The maximum atomic E-state index is 3.80. The summed E-state index contributed by atoms with van der Waals surface area (Å²) in [7, 11) is 0. The number of rotatable bonds is 6. The number of nitrogens with one attached hydrogen (secondary N) is 1. The standard InChI is InChI=1S/C18H29BN2/c1-13(2)20-19(21(14(3)4)15(5)6)18-12-11-16-9-7-8-10-17(16)18/h7-15,18,20H,1-6H3. The van der Waals surface area contributed by atoms with E-state index in [1.54, 1.807) is 0 Å². The minimum Gasteiger partial charge on any atom is -0.339 e. The lowest BCUT2D eigenvalue weighted by atomic mass is 9.57. The molecule has 3 heteroatoms. The third-order valence-corrected chi connectivity index (χ3v) is 4.20. The van der Waals surface area contributed by atoms with E-state index in [2.05, 4.69) is 88.0 Å². The molecule has 0 saturated carbocycles. The molecule has 1 N–H and O–H groups in total. The summed E-state index contributed by atoms with van der Waals surface area (Å²) in [5.41, 5.74) is 2.81. The van der Waals surface area contributed by atoms with Gasteiger partial charge in [0.1, 0.15) is 0 Å². The van der Waals surface area contributed by atoms with Crippen molar-refractivity contribution in [2.24, 2.45) is 0 Å². The summed E-state index contributed by atoms with van der Waals surface area (Å²) in [6, 6.07) is 10.3. The van der Waals surface area contributed by atoms with Crippen LogP contribution in [0.15, 0.2) is 30.3 Å². The summed E-state index contributed by atoms with van der Waals surface area (Å²) in [5, 5.41) is 3.80. The van der Waals surface area contributed by atoms with Crippen molar-refractivity contribution in [1.29, 1.82) is 0 Å². The maximum Gasteiger partial charge on any atom is 0.320 e. The Morgan fingerprint density at radius 3 is 2.19 bits per heavy atom. The molecular weight excluding hydrogens is 255 g/mol. The fourth-order valence-corrected chi connectivity index (χ4v) is 3.51. The van der Waals surface area contributed by atoms with Gasteiger partial charge in [-0.1, -0.05) is 78.0 Å². The van der Waals surface area contributed by atoms with E-state index in [1.165, 1.54) is 11.1 Å². The van der Waals surface area contributed by atoms with Crippen LogP contribution in [0.1, 0.15) is 58.5 Å². The Hall–Kier alpha value is -1.06. The minimum absolute atomic E-state index is 0.338. The van der Waals surface area contributed by atoms with E-state index >= 15 is 0 Å². The molecule has 1 unspecified atom stereocenters. The highest BCUT2D eigenvalue weighted by Crippen LogP contribution is 2.33. The molecular formula is C18H29BN2. The van der Waals surface area contributed by atoms with Crippen molar-refractivity contribution in [3.8, 4) is 0 Å². The van der Waals surface area contributed by atoms with Gasteiger partial charge in [-0.25, -0.2) is 0 Å². The van der Waals surface area contributed by atoms with Gasteiger partial charge in [0, 0.05) is 5.82 Å². The number of allylic oxidation sites excluding steroid dienone is 1. The van der Waals surface area contributed by atoms with Crippen LogP contribution in [0, 0.1) is 0 Å². The van der Waals surface area contributed by atoms with Crippen LogP contribution in [-0.2, 0) is 0 Å². The van der Waals surface area contributed by atoms with Crippen LogP contribution < -0.4 is 5.23 Å². The summed E-state index contributed by atoms with van der Waals surface area (Å²) in [6.45, 7) is 14.0.